The lowest BCUT2D eigenvalue weighted by Gasteiger charge is -2.06. The third kappa shape index (κ3) is 1.87. The number of rotatable bonds is 2. The zero-order valence-corrected chi connectivity index (χ0v) is 7.48. The van der Waals surface area contributed by atoms with E-state index in [1.807, 2.05) is 24.4 Å². The summed E-state index contributed by atoms with van der Waals surface area (Å²) >= 11 is 0. The van der Waals surface area contributed by atoms with Crippen LogP contribution in [-0.2, 0) is 0 Å². The zero-order chi connectivity index (χ0) is 9.10. The molecule has 2 rings (SSSR count). The first-order chi connectivity index (χ1) is 6.40. The number of nitrogens with one attached hydrogen (secondary N) is 1. The number of hydrogen-bond acceptors (Lipinski definition) is 3. The van der Waals surface area contributed by atoms with Crippen molar-refractivity contribution in [1.29, 1.82) is 0 Å². The molecule has 1 aliphatic rings. The highest BCUT2D eigenvalue weighted by atomic mass is 16.3. The summed E-state index contributed by atoms with van der Waals surface area (Å²) in [6.07, 6.45) is 2.81. The standard InChI is InChI=1S/C10H14N2O/c13-7-9-5-8(6-12-9)10-3-1-2-4-11-10/h1-4,8-9,12-13H,5-7H2. The second kappa shape index (κ2) is 3.85. The quantitative estimate of drug-likeness (QED) is 0.694. The molecule has 0 saturated carbocycles. The zero-order valence-electron chi connectivity index (χ0n) is 7.48. The molecule has 1 saturated heterocycles. The fraction of sp³-hybridized carbons (Fsp3) is 0.500. The van der Waals surface area contributed by atoms with Crippen molar-refractivity contribution >= 4 is 0 Å². The minimum atomic E-state index is 0.226. The van der Waals surface area contributed by atoms with Crippen molar-refractivity contribution in [3.05, 3.63) is 30.1 Å². The fourth-order valence-electron chi connectivity index (χ4n) is 1.80. The van der Waals surface area contributed by atoms with E-state index in [-0.39, 0.29) is 12.6 Å². The largest absolute Gasteiger partial charge is 0.395 e. The average molecular weight is 178 g/mol. The SMILES string of the molecule is OCC1CC(c2ccccn2)CN1. The van der Waals surface area contributed by atoms with E-state index >= 15 is 0 Å². The molecule has 1 aliphatic heterocycles. The van der Waals surface area contributed by atoms with Crippen LogP contribution in [0.25, 0.3) is 0 Å². The number of pyridine rings is 1. The lowest BCUT2D eigenvalue weighted by molar-refractivity contribution is 0.254. The first-order valence-electron chi connectivity index (χ1n) is 4.65. The highest BCUT2D eigenvalue weighted by Gasteiger charge is 2.24. The van der Waals surface area contributed by atoms with E-state index in [4.69, 9.17) is 5.11 Å². The topological polar surface area (TPSA) is 45.2 Å². The normalized spacial score (nSPS) is 27.8. The van der Waals surface area contributed by atoms with E-state index < -0.39 is 0 Å². The van der Waals surface area contributed by atoms with Gasteiger partial charge in [-0.3, -0.25) is 4.98 Å². The minimum absolute atomic E-state index is 0.226. The summed E-state index contributed by atoms with van der Waals surface area (Å²) in [6, 6.07) is 6.24. The Labute approximate surface area is 77.8 Å². The van der Waals surface area contributed by atoms with Gasteiger partial charge < -0.3 is 10.4 Å². The molecule has 1 aromatic rings. The van der Waals surface area contributed by atoms with E-state index in [2.05, 4.69) is 10.3 Å². The predicted octanol–water partition coefficient (Wildman–Crippen LogP) is 0.519. The maximum atomic E-state index is 8.95. The third-order valence-corrected chi connectivity index (χ3v) is 2.55. The van der Waals surface area contributed by atoms with Gasteiger partial charge in [-0.05, 0) is 18.6 Å². The Morgan fingerprint density at radius 2 is 2.46 bits per heavy atom. The summed E-state index contributed by atoms with van der Waals surface area (Å²) in [5, 5.41) is 12.2. The number of hydrogen-bond donors (Lipinski definition) is 2. The van der Waals surface area contributed by atoms with E-state index in [1.54, 1.807) is 0 Å². The van der Waals surface area contributed by atoms with Gasteiger partial charge in [0.15, 0.2) is 0 Å². The van der Waals surface area contributed by atoms with Crippen LogP contribution >= 0.6 is 0 Å². The van der Waals surface area contributed by atoms with Gasteiger partial charge in [0.05, 0.1) is 6.61 Å². The number of aliphatic hydroxyl groups is 1. The summed E-state index contributed by atoms with van der Waals surface area (Å²) in [5.74, 6) is 0.471. The van der Waals surface area contributed by atoms with Crippen molar-refractivity contribution in [1.82, 2.24) is 10.3 Å². The molecule has 13 heavy (non-hydrogen) atoms. The third-order valence-electron chi connectivity index (χ3n) is 2.55. The first-order valence-corrected chi connectivity index (χ1v) is 4.65. The molecule has 70 valence electrons. The molecular weight excluding hydrogens is 164 g/mol. The summed E-state index contributed by atoms with van der Waals surface area (Å²) in [7, 11) is 0. The van der Waals surface area contributed by atoms with E-state index in [0.717, 1.165) is 18.7 Å². The van der Waals surface area contributed by atoms with Crippen molar-refractivity contribution < 1.29 is 5.11 Å². The Morgan fingerprint density at radius 1 is 1.54 bits per heavy atom. The predicted molar refractivity (Wildman–Crippen MR) is 50.5 cm³/mol. The highest BCUT2D eigenvalue weighted by Crippen LogP contribution is 2.23. The molecule has 0 spiro atoms. The van der Waals surface area contributed by atoms with Crippen LogP contribution in [0.3, 0.4) is 0 Å². The van der Waals surface area contributed by atoms with Gasteiger partial charge in [-0.1, -0.05) is 6.07 Å². The molecule has 2 N–H and O–H groups in total. The van der Waals surface area contributed by atoms with Crippen LogP contribution in [0, 0.1) is 0 Å². The molecular formula is C10H14N2O. The molecule has 2 heterocycles. The van der Waals surface area contributed by atoms with Crippen LogP contribution in [-0.4, -0.2) is 29.3 Å². The molecule has 1 fully saturated rings. The average Bonchev–Trinajstić information content (AvgIpc) is 2.67. The van der Waals surface area contributed by atoms with Gasteiger partial charge in [-0.15, -0.1) is 0 Å². The van der Waals surface area contributed by atoms with Crippen molar-refractivity contribution in [3.8, 4) is 0 Å². The van der Waals surface area contributed by atoms with E-state index in [9.17, 15) is 0 Å². The van der Waals surface area contributed by atoms with Crippen LogP contribution in [0.5, 0.6) is 0 Å². The van der Waals surface area contributed by atoms with Gasteiger partial charge in [0.2, 0.25) is 0 Å². The molecule has 0 aliphatic carbocycles. The lowest BCUT2D eigenvalue weighted by atomic mass is 10.0. The van der Waals surface area contributed by atoms with Gasteiger partial charge in [0.1, 0.15) is 0 Å². The van der Waals surface area contributed by atoms with Gasteiger partial charge in [0, 0.05) is 30.4 Å². The van der Waals surface area contributed by atoms with Gasteiger partial charge >= 0.3 is 0 Å². The van der Waals surface area contributed by atoms with Crippen LogP contribution in [0.2, 0.25) is 0 Å². The Balaban J connectivity index is 2.04. The Bertz CT molecular complexity index is 263. The van der Waals surface area contributed by atoms with Crippen molar-refractivity contribution in [2.24, 2.45) is 0 Å². The van der Waals surface area contributed by atoms with E-state index in [0.29, 0.717) is 5.92 Å². The number of nitrogens with zero attached hydrogens (tertiary/aromatic N) is 1. The summed E-state index contributed by atoms with van der Waals surface area (Å²) in [5.41, 5.74) is 1.13. The van der Waals surface area contributed by atoms with Crippen LogP contribution in [0.1, 0.15) is 18.0 Å². The van der Waals surface area contributed by atoms with Gasteiger partial charge in [-0.25, -0.2) is 0 Å². The molecule has 1 aromatic heterocycles. The molecule has 3 heteroatoms. The second-order valence-corrected chi connectivity index (χ2v) is 3.47. The van der Waals surface area contributed by atoms with Crippen molar-refractivity contribution in [3.63, 3.8) is 0 Å². The Morgan fingerprint density at radius 3 is 3.08 bits per heavy atom. The minimum Gasteiger partial charge on any atom is -0.395 e. The summed E-state index contributed by atoms with van der Waals surface area (Å²) < 4.78 is 0. The Hall–Kier alpha value is -0.930. The van der Waals surface area contributed by atoms with Crippen LogP contribution < -0.4 is 5.32 Å². The molecule has 0 bridgehead atoms. The number of aliphatic hydroxyl groups excluding tert-OH is 1. The van der Waals surface area contributed by atoms with Crippen LogP contribution in [0.15, 0.2) is 24.4 Å². The molecule has 0 aromatic carbocycles. The first kappa shape index (κ1) is 8.66. The van der Waals surface area contributed by atoms with Crippen molar-refractivity contribution in [2.45, 2.75) is 18.4 Å². The van der Waals surface area contributed by atoms with Crippen LogP contribution in [0.4, 0.5) is 0 Å². The maximum absolute atomic E-state index is 8.95. The lowest BCUT2D eigenvalue weighted by Crippen LogP contribution is -2.24. The molecule has 2 unspecified atom stereocenters. The number of aromatic nitrogens is 1. The molecule has 3 nitrogen and oxygen atoms in total. The van der Waals surface area contributed by atoms with Gasteiger partial charge in [0.25, 0.3) is 0 Å². The summed E-state index contributed by atoms with van der Waals surface area (Å²) in [6.45, 7) is 1.16. The van der Waals surface area contributed by atoms with E-state index in [1.165, 1.54) is 0 Å². The molecule has 2 atom stereocenters. The smallest absolute Gasteiger partial charge is 0.0584 e. The second-order valence-electron chi connectivity index (χ2n) is 3.47. The fourth-order valence-corrected chi connectivity index (χ4v) is 1.80. The molecule has 0 radical (unpaired) electrons. The highest BCUT2D eigenvalue weighted by molar-refractivity contribution is 5.12. The molecule has 0 amide bonds. The monoisotopic (exact) mass is 178 g/mol. The maximum Gasteiger partial charge on any atom is 0.0584 e. The Kier molecular flexibility index (Phi) is 2.57. The van der Waals surface area contributed by atoms with Crippen molar-refractivity contribution in [2.75, 3.05) is 13.2 Å². The summed E-state index contributed by atoms with van der Waals surface area (Å²) in [4.78, 5) is 4.31. The van der Waals surface area contributed by atoms with Gasteiger partial charge in [-0.2, -0.15) is 0 Å².